The monoisotopic (exact) mass is 479 g/mol. The summed E-state index contributed by atoms with van der Waals surface area (Å²) in [6.07, 6.45) is -0.850. The third kappa shape index (κ3) is 2.33. The van der Waals surface area contributed by atoms with Crippen LogP contribution in [0.15, 0.2) is 48.5 Å². The second-order valence-corrected chi connectivity index (χ2v) is 10.3. The number of aromatic nitrogens is 2. The molecule has 2 N–H and O–H groups in total. The predicted molar refractivity (Wildman–Crippen MR) is 133 cm³/mol. The number of hydrogen-bond acceptors (Lipinski definition) is 5. The number of nitrogens with zero attached hydrogens (tertiary/aromatic N) is 1. The van der Waals surface area contributed by atoms with Crippen molar-refractivity contribution in [3.8, 4) is 0 Å². The maximum atomic E-state index is 13.2. The molecule has 0 bridgehead atoms. The molecule has 178 valence electrons. The van der Waals surface area contributed by atoms with Gasteiger partial charge in [0, 0.05) is 39.0 Å². The minimum absolute atomic E-state index is 0.00322. The fourth-order valence-corrected chi connectivity index (χ4v) is 6.61. The number of ketones is 1. The molecule has 2 amide bonds. The van der Waals surface area contributed by atoms with Crippen LogP contribution in [0.5, 0.6) is 0 Å². The van der Waals surface area contributed by atoms with E-state index in [1.807, 2.05) is 62.4 Å². The Hall–Kier alpha value is -4.01. The molecule has 2 aromatic heterocycles. The molecule has 8 nitrogen and oxygen atoms in total. The van der Waals surface area contributed by atoms with Gasteiger partial charge >= 0.3 is 0 Å². The van der Waals surface area contributed by atoms with Crippen LogP contribution in [-0.2, 0) is 14.3 Å². The Morgan fingerprint density at radius 2 is 1.58 bits per heavy atom. The molecule has 4 heterocycles. The molecule has 36 heavy (non-hydrogen) atoms. The van der Waals surface area contributed by atoms with Crippen LogP contribution < -0.4 is 5.32 Å². The highest BCUT2D eigenvalue weighted by Crippen LogP contribution is 2.49. The number of amides is 2. The number of nitrogens with one attached hydrogen (secondary N) is 2. The fraction of sp³-hybridized carbons (Fsp3) is 0.250. The molecule has 3 aliphatic rings. The maximum absolute atomic E-state index is 13.2. The van der Waals surface area contributed by atoms with Crippen molar-refractivity contribution in [2.75, 3.05) is 0 Å². The Bertz CT molecular complexity index is 1860. The predicted octanol–water partition coefficient (Wildman–Crippen LogP) is 4.35. The largest absolute Gasteiger partial charge is 0.353 e. The number of rotatable bonds is 1. The van der Waals surface area contributed by atoms with Crippen LogP contribution >= 0.6 is 0 Å². The molecule has 1 unspecified atom stereocenters. The number of ether oxygens (including phenoxy) is 2. The van der Waals surface area contributed by atoms with Gasteiger partial charge in [0.15, 0.2) is 11.6 Å². The number of carbonyl (C=O) groups is 3. The first-order valence-electron chi connectivity index (χ1n) is 12.1. The van der Waals surface area contributed by atoms with Crippen molar-refractivity contribution in [2.24, 2.45) is 0 Å². The molecule has 3 aromatic carbocycles. The summed E-state index contributed by atoms with van der Waals surface area (Å²) >= 11 is 0. The first kappa shape index (κ1) is 20.2. The van der Waals surface area contributed by atoms with Gasteiger partial charge in [0.2, 0.25) is 0 Å². The lowest BCUT2D eigenvalue weighted by molar-refractivity contribution is -0.162. The molecule has 1 aliphatic carbocycles. The molecule has 2 aliphatic heterocycles. The topological polar surface area (TPSA) is 102 Å². The van der Waals surface area contributed by atoms with Crippen molar-refractivity contribution in [1.29, 1.82) is 0 Å². The molecule has 1 saturated heterocycles. The van der Waals surface area contributed by atoms with Crippen LogP contribution in [0.3, 0.4) is 0 Å². The Labute approximate surface area is 204 Å². The standard InChI is InChI=1S/C28H21N3O5/c1-28(2)35-24-16(11-17(32)25(24)36-28)31-15-10-6-4-8-13(15)19-21-20(26(33)30-27(21)34)18-12-7-3-5-9-14(12)29-22(18)23(19)31/h3-10,16,24-25,29H,11H2,1-2H3,(H,30,33,34)/t16?,24-,25+/m0/s1. The normalized spacial score (nSPS) is 24.9. The Morgan fingerprint density at radius 3 is 2.39 bits per heavy atom. The highest BCUT2D eigenvalue weighted by Gasteiger charge is 2.55. The molecular weight excluding hydrogens is 458 g/mol. The molecule has 0 spiro atoms. The number of aromatic amines is 1. The molecule has 2 fully saturated rings. The fourth-order valence-electron chi connectivity index (χ4n) is 6.61. The van der Waals surface area contributed by atoms with Crippen LogP contribution in [0.2, 0.25) is 0 Å². The van der Waals surface area contributed by atoms with Crippen LogP contribution in [0, 0.1) is 0 Å². The van der Waals surface area contributed by atoms with Crippen molar-refractivity contribution in [2.45, 2.75) is 44.3 Å². The molecule has 0 radical (unpaired) electrons. The first-order chi connectivity index (χ1) is 17.3. The second kappa shape index (κ2) is 6.40. The van der Waals surface area contributed by atoms with E-state index in [0.717, 1.165) is 32.8 Å². The van der Waals surface area contributed by atoms with Crippen molar-refractivity contribution in [3.63, 3.8) is 0 Å². The van der Waals surface area contributed by atoms with E-state index >= 15 is 0 Å². The van der Waals surface area contributed by atoms with Gasteiger partial charge in [-0.1, -0.05) is 36.4 Å². The molecule has 1 saturated carbocycles. The number of imide groups is 1. The van der Waals surface area contributed by atoms with Gasteiger partial charge in [-0.3, -0.25) is 19.7 Å². The molecular formula is C28H21N3O5. The van der Waals surface area contributed by atoms with Gasteiger partial charge in [-0.05, 0) is 26.0 Å². The number of carbonyl (C=O) groups excluding carboxylic acids is 3. The highest BCUT2D eigenvalue weighted by molar-refractivity contribution is 6.39. The maximum Gasteiger partial charge on any atom is 0.259 e. The summed E-state index contributed by atoms with van der Waals surface area (Å²) in [7, 11) is 0. The van der Waals surface area contributed by atoms with Crippen molar-refractivity contribution < 1.29 is 23.9 Å². The summed E-state index contributed by atoms with van der Waals surface area (Å²) in [6.45, 7) is 3.64. The second-order valence-electron chi connectivity index (χ2n) is 10.3. The average Bonchev–Trinajstić information content (AvgIpc) is 3.60. The summed E-state index contributed by atoms with van der Waals surface area (Å²) in [6, 6.07) is 15.2. The summed E-state index contributed by atoms with van der Waals surface area (Å²) in [5.41, 5.74) is 4.07. The molecule has 8 heteroatoms. The van der Waals surface area contributed by atoms with Gasteiger partial charge in [-0.15, -0.1) is 0 Å². The van der Waals surface area contributed by atoms with Gasteiger partial charge in [0.1, 0.15) is 12.2 Å². The lowest BCUT2D eigenvalue weighted by atomic mass is 9.96. The lowest BCUT2D eigenvalue weighted by Crippen LogP contribution is -2.27. The molecule has 3 atom stereocenters. The minimum Gasteiger partial charge on any atom is -0.353 e. The summed E-state index contributed by atoms with van der Waals surface area (Å²) in [4.78, 5) is 42.9. The highest BCUT2D eigenvalue weighted by atomic mass is 16.8. The average molecular weight is 479 g/mol. The van der Waals surface area contributed by atoms with E-state index < -0.39 is 29.8 Å². The Morgan fingerprint density at radius 1 is 0.889 bits per heavy atom. The van der Waals surface area contributed by atoms with E-state index in [4.69, 9.17) is 9.47 Å². The third-order valence-electron chi connectivity index (χ3n) is 7.85. The van der Waals surface area contributed by atoms with Crippen LogP contribution in [-0.4, -0.2) is 45.1 Å². The summed E-state index contributed by atoms with van der Waals surface area (Å²) in [5.74, 6) is -1.67. The molecule has 5 aromatic rings. The quantitative estimate of drug-likeness (QED) is 0.348. The zero-order valence-electron chi connectivity index (χ0n) is 19.5. The minimum atomic E-state index is -0.869. The van der Waals surface area contributed by atoms with Crippen molar-refractivity contribution >= 4 is 61.2 Å². The summed E-state index contributed by atoms with van der Waals surface area (Å²) < 4.78 is 14.4. The number of H-pyrrole nitrogens is 1. The Balaban J connectivity index is 1.59. The summed E-state index contributed by atoms with van der Waals surface area (Å²) in [5, 5.41) is 5.66. The van der Waals surface area contributed by atoms with Crippen molar-refractivity contribution in [3.05, 3.63) is 59.7 Å². The number of fused-ring (bicyclic) bond motifs is 11. The SMILES string of the molecule is CC1(C)O[C@@H]2C(=O)CC(n3c4ccccc4c4c5c(c6c7ccccc7[nH]c6c43)C(=O)NC5=O)[C@@H]2O1. The van der Waals surface area contributed by atoms with Crippen LogP contribution in [0.4, 0.5) is 0 Å². The molecule has 8 rings (SSSR count). The number of Topliss-reactive ketones (excluding diaryl/α,β-unsaturated/α-hetero) is 1. The van der Waals surface area contributed by atoms with Gasteiger partial charge in [0.05, 0.1) is 28.2 Å². The van der Waals surface area contributed by atoms with E-state index in [9.17, 15) is 14.4 Å². The Kier molecular flexibility index (Phi) is 3.59. The van der Waals surface area contributed by atoms with Crippen molar-refractivity contribution in [1.82, 2.24) is 14.9 Å². The smallest absolute Gasteiger partial charge is 0.259 e. The van der Waals surface area contributed by atoms with Gasteiger partial charge in [-0.25, -0.2) is 0 Å². The number of hydrogen-bond donors (Lipinski definition) is 2. The van der Waals surface area contributed by atoms with Crippen LogP contribution in [0.25, 0.3) is 43.6 Å². The van der Waals surface area contributed by atoms with E-state index in [0.29, 0.717) is 21.9 Å². The number of benzene rings is 3. The van der Waals surface area contributed by atoms with E-state index in [-0.39, 0.29) is 18.2 Å². The zero-order chi connectivity index (χ0) is 24.5. The first-order valence-corrected chi connectivity index (χ1v) is 12.1. The number of para-hydroxylation sites is 2. The van der Waals surface area contributed by atoms with E-state index in [1.165, 1.54) is 0 Å². The van der Waals surface area contributed by atoms with E-state index in [2.05, 4.69) is 14.9 Å². The third-order valence-corrected chi connectivity index (χ3v) is 7.85. The zero-order valence-corrected chi connectivity index (χ0v) is 19.5. The van der Waals surface area contributed by atoms with Gasteiger partial charge in [-0.2, -0.15) is 0 Å². The lowest BCUT2D eigenvalue weighted by Gasteiger charge is -2.24. The van der Waals surface area contributed by atoms with Crippen LogP contribution in [0.1, 0.15) is 47.0 Å². The van der Waals surface area contributed by atoms with E-state index in [1.54, 1.807) is 0 Å². The van der Waals surface area contributed by atoms with Gasteiger partial charge < -0.3 is 19.0 Å². The van der Waals surface area contributed by atoms with Gasteiger partial charge in [0.25, 0.3) is 11.8 Å².